The lowest BCUT2D eigenvalue weighted by Gasteiger charge is -2.18. The Morgan fingerprint density at radius 1 is 1.14 bits per heavy atom. The van der Waals surface area contributed by atoms with E-state index >= 15 is 0 Å². The minimum atomic E-state index is -4.63. The summed E-state index contributed by atoms with van der Waals surface area (Å²) >= 11 is 0. The molecule has 1 aliphatic rings. The van der Waals surface area contributed by atoms with Crippen LogP contribution in [0.3, 0.4) is 0 Å². The van der Waals surface area contributed by atoms with E-state index in [1.807, 2.05) is 14.0 Å². The number of amides is 1. The van der Waals surface area contributed by atoms with Crippen LogP contribution in [0.5, 0.6) is 0 Å². The van der Waals surface area contributed by atoms with Crippen LogP contribution in [0.25, 0.3) is 22.6 Å². The highest BCUT2D eigenvalue weighted by Crippen LogP contribution is 2.40. The van der Waals surface area contributed by atoms with Crippen molar-refractivity contribution in [1.29, 1.82) is 0 Å². The molecule has 3 N–H and O–H groups in total. The van der Waals surface area contributed by atoms with Crippen molar-refractivity contribution >= 4 is 17.5 Å². The SMILES string of the molecule is CCNc1cc(-c2c(-c3nncn3C)cnn2C)cc(N2Cc3c(cc(CN)cc3C(F)(F)F)C2=O)n1. The van der Waals surface area contributed by atoms with Gasteiger partial charge in [-0.3, -0.25) is 14.4 Å². The number of rotatable bonds is 6. The van der Waals surface area contributed by atoms with E-state index in [1.54, 1.807) is 41.0 Å². The number of fused-ring (bicyclic) bond motifs is 1. The first-order valence-electron chi connectivity index (χ1n) is 11.5. The van der Waals surface area contributed by atoms with Crippen LogP contribution < -0.4 is 16.0 Å². The second-order valence-corrected chi connectivity index (χ2v) is 8.69. The second-order valence-electron chi connectivity index (χ2n) is 8.69. The van der Waals surface area contributed by atoms with Gasteiger partial charge >= 0.3 is 6.18 Å². The minimum Gasteiger partial charge on any atom is -0.370 e. The zero-order chi connectivity index (χ0) is 26.5. The zero-order valence-electron chi connectivity index (χ0n) is 20.3. The highest BCUT2D eigenvalue weighted by molar-refractivity contribution is 6.10. The first-order chi connectivity index (χ1) is 17.6. The number of nitrogens with one attached hydrogen (secondary N) is 1. The minimum absolute atomic E-state index is 0.0206. The van der Waals surface area contributed by atoms with Gasteiger partial charge in [-0.1, -0.05) is 0 Å². The van der Waals surface area contributed by atoms with Gasteiger partial charge in [-0.15, -0.1) is 10.2 Å². The van der Waals surface area contributed by atoms with Gasteiger partial charge < -0.3 is 15.6 Å². The van der Waals surface area contributed by atoms with E-state index in [1.165, 1.54) is 11.0 Å². The van der Waals surface area contributed by atoms with Crippen LogP contribution in [0.1, 0.15) is 34.0 Å². The summed E-state index contributed by atoms with van der Waals surface area (Å²) in [6.45, 7) is 2.05. The molecule has 0 bridgehead atoms. The normalized spacial score (nSPS) is 13.4. The fourth-order valence-electron chi connectivity index (χ4n) is 4.56. The van der Waals surface area contributed by atoms with Crippen LogP contribution in [0.15, 0.2) is 36.8 Å². The van der Waals surface area contributed by atoms with Gasteiger partial charge in [0.25, 0.3) is 5.91 Å². The Hall–Kier alpha value is -4.26. The number of nitrogens with two attached hydrogens (primary N) is 1. The van der Waals surface area contributed by atoms with Crippen molar-refractivity contribution in [2.24, 2.45) is 19.8 Å². The molecule has 1 aromatic carbocycles. The Morgan fingerprint density at radius 3 is 2.57 bits per heavy atom. The number of halogens is 3. The van der Waals surface area contributed by atoms with E-state index in [-0.39, 0.29) is 35.6 Å². The van der Waals surface area contributed by atoms with Crippen molar-refractivity contribution in [2.75, 3.05) is 16.8 Å². The Labute approximate surface area is 209 Å². The van der Waals surface area contributed by atoms with Crippen LogP contribution in [0, 0.1) is 0 Å². The Morgan fingerprint density at radius 2 is 1.92 bits per heavy atom. The molecule has 4 heterocycles. The van der Waals surface area contributed by atoms with Crippen LogP contribution in [-0.2, 0) is 33.4 Å². The molecule has 4 aromatic rings. The fraction of sp³-hybridized carbons (Fsp3) is 0.292. The van der Waals surface area contributed by atoms with Crippen molar-refractivity contribution in [2.45, 2.75) is 26.2 Å². The highest BCUT2D eigenvalue weighted by Gasteiger charge is 2.41. The molecular formula is C24H24F3N9O. The van der Waals surface area contributed by atoms with Gasteiger partial charge in [-0.05, 0) is 42.3 Å². The van der Waals surface area contributed by atoms with Crippen LogP contribution in [0.4, 0.5) is 24.8 Å². The number of alkyl halides is 3. The number of anilines is 2. The number of aromatic nitrogens is 6. The summed E-state index contributed by atoms with van der Waals surface area (Å²) in [6, 6.07) is 5.89. The third-order valence-corrected chi connectivity index (χ3v) is 6.25. The van der Waals surface area contributed by atoms with E-state index in [4.69, 9.17) is 5.73 Å². The fourth-order valence-corrected chi connectivity index (χ4v) is 4.56. The van der Waals surface area contributed by atoms with Crippen molar-refractivity contribution in [3.05, 3.63) is 59.0 Å². The lowest BCUT2D eigenvalue weighted by molar-refractivity contribution is -0.138. The van der Waals surface area contributed by atoms with E-state index in [2.05, 4.69) is 25.6 Å². The molecule has 1 amide bonds. The number of carbonyl (C=O) groups excluding carboxylic acids is 1. The maximum Gasteiger partial charge on any atom is 0.416 e. The van der Waals surface area contributed by atoms with Gasteiger partial charge in [0.2, 0.25) is 0 Å². The molecular weight excluding hydrogens is 487 g/mol. The molecule has 5 rings (SSSR count). The summed E-state index contributed by atoms with van der Waals surface area (Å²) in [6.07, 6.45) is -1.40. The summed E-state index contributed by atoms with van der Waals surface area (Å²) in [5.74, 6) is 0.687. The van der Waals surface area contributed by atoms with Gasteiger partial charge in [-0.25, -0.2) is 4.98 Å². The smallest absolute Gasteiger partial charge is 0.370 e. The Balaban J connectivity index is 1.64. The van der Waals surface area contributed by atoms with Crippen LogP contribution in [0.2, 0.25) is 0 Å². The Bertz CT molecular complexity index is 1510. The van der Waals surface area contributed by atoms with E-state index in [0.717, 1.165) is 6.07 Å². The van der Waals surface area contributed by atoms with E-state index in [9.17, 15) is 18.0 Å². The number of aryl methyl sites for hydroxylation is 2. The number of hydrogen-bond donors (Lipinski definition) is 2. The molecule has 0 fully saturated rings. The number of nitrogens with zero attached hydrogens (tertiary/aromatic N) is 7. The maximum absolute atomic E-state index is 13.9. The predicted octanol–water partition coefficient (Wildman–Crippen LogP) is 3.35. The number of carbonyl (C=O) groups is 1. The van der Waals surface area contributed by atoms with E-state index < -0.39 is 17.6 Å². The molecule has 0 aliphatic carbocycles. The van der Waals surface area contributed by atoms with Crippen molar-refractivity contribution in [3.63, 3.8) is 0 Å². The summed E-state index contributed by atoms with van der Waals surface area (Å²) in [5.41, 5.74) is 6.92. The van der Waals surface area contributed by atoms with Gasteiger partial charge in [0, 0.05) is 38.3 Å². The van der Waals surface area contributed by atoms with Crippen molar-refractivity contribution < 1.29 is 18.0 Å². The van der Waals surface area contributed by atoms with Crippen LogP contribution >= 0.6 is 0 Å². The standard InChI is InChI=1S/C24H24F3N9O/c1-4-29-19-7-14(21-16(10-31-35(21)3)22-33-30-12-34(22)2)8-20(32-19)36-11-17-15(23(36)37)5-13(9-28)6-18(17)24(25,26)27/h5-8,10,12H,4,9,11,28H2,1-3H3,(H,29,32). The molecule has 1 aliphatic heterocycles. The van der Waals surface area contributed by atoms with Gasteiger partial charge in [0.1, 0.15) is 18.0 Å². The molecule has 13 heteroatoms. The van der Waals surface area contributed by atoms with Gasteiger partial charge in [0.15, 0.2) is 5.82 Å². The first kappa shape index (κ1) is 24.4. The summed E-state index contributed by atoms with van der Waals surface area (Å²) < 4.78 is 45.0. The molecule has 0 spiro atoms. The average Bonchev–Trinajstić information content (AvgIpc) is 3.54. The van der Waals surface area contributed by atoms with Gasteiger partial charge in [0.05, 0.1) is 29.6 Å². The molecule has 0 unspecified atom stereocenters. The number of hydrogen-bond acceptors (Lipinski definition) is 7. The first-order valence-corrected chi connectivity index (χ1v) is 11.5. The molecule has 3 aromatic heterocycles. The average molecular weight is 512 g/mol. The quantitative estimate of drug-likeness (QED) is 0.407. The summed E-state index contributed by atoms with van der Waals surface area (Å²) in [7, 11) is 3.57. The summed E-state index contributed by atoms with van der Waals surface area (Å²) in [5, 5.41) is 15.6. The van der Waals surface area contributed by atoms with Gasteiger partial charge in [-0.2, -0.15) is 18.3 Å². The van der Waals surface area contributed by atoms with E-state index in [0.29, 0.717) is 35.0 Å². The molecule has 0 saturated carbocycles. The van der Waals surface area contributed by atoms with Crippen molar-refractivity contribution in [1.82, 2.24) is 29.5 Å². The van der Waals surface area contributed by atoms with Crippen molar-refractivity contribution in [3.8, 4) is 22.6 Å². The second kappa shape index (κ2) is 9.00. The lowest BCUT2D eigenvalue weighted by Crippen LogP contribution is -2.24. The zero-order valence-corrected chi connectivity index (χ0v) is 20.3. The molecule has 37 heavy (non-hydrogen) atoms. The third-order valence-electron chi connectivity index (χ3n) is 6.25. The third kappa shape index (κ3) is 4.20. The number of pyridine rings is 1. The molecule has 0 radical (unpaired) electrons. The number of benzene rings is 1. The molecule has 0 saturated heterocycles. The topological polar surface area (TPSA) is 120 Å². The lowest BCUT2D eigenvalue weighted by atomic mass is 9.99. The Kier molecular flexibility index (Phi) is 5.94. The molecule has 192 valence electrons. The largest absolute Gasteiger partial charge is 0.416 e. The molecule has 0 atom stereocenters. The van der Waals surface area contributed by atoms with Crippen LogP contribution in [-0.4, -0.2) is 42.0 Å². The monoisotopic (exact) mass is 511 g/mol. The predicted molar refractivity (Wildman–Crippen MR) is 130 cm³/mol. The summed E-state index contributed by atoms with van der Waals surface area (Å²) in [4.78, 5) is 19.2. The molecule has 10 nitrogen and oxygen atoms in total. The maximum atomic E-state index is 13.9. The highest BCUT2D eigenvalue weighted by atomic mass is 19.4.